The zero-order valence-electron chi connectivity index (χ0n) is 11.9. The number of benzene rings is 1. The van der Waals surface area contributed by atoms with E-state index in [1.165, 1.54) is 19.5 Å². The zero-order chi connectivity index (χ0) is 16.2. The third-order valence-corrected chi connectivity index (χ3v) is 2.82. The molecule has 2 heterocycles. The van der Waals surface area contributed by atoms with Crippen molar-refractivity contribution in [2.24, 2.45) is 0 Å². The Kier molecular flexibility index (Phi) is 4.05. The van der Waals surface area contributed by atoms with Crippen molar-refractivity contribution < 1.29 is 18.3 Å². The molecule has 0 aliphatic rings. The van der Waals surface area contributed by atoms with E-state index in [1.54, 1.807) is 12.1 Å². The lowest BCUT2D eigenvalue weighted by Crippen LogP contribution is -1.95. The van der Waals surface area contributed by atoms with Gasteiger partial charge in [-0.05, 0) is 6.07 Å². The Morgan fingerprint density at radius 3 is 2.17 bits per heavy atom. The molecule has 1 aromatic carbocycles. The summed E-state index contributed by atoms with van der Waals surface area (Å²) < 4.78 is 36.3. The van der Waals surface area contributed by atoms with E-state index in [4.69, 9.17) is 9.47 Å². The van der Waals surface area contributed by atoms with Gasteiger partial charge in [-0.1, -0.05) is 0 Å². The van der Waals surface area contributed by atoms with Crippen molar-refractivity contribution in [1.82, 2.24) is 20.2 Å². The number of hydrogen-bond donors (Lipinski definition) is 0. The summed E-state index contributed by atoms with van der Waals surface area (Å²) in [4.78, 5) is 7.95. The minimum absolute atomic E-state index is 0.0283. The molecule has 2 aromatic heterocycles. The molecule has 0 spiro atoms. The molecule has 0 fully saturated rings. The number of nitrogens with zero attached hydrogens (tertiary/aromatic N) is 4. The van der Waals surface area contributed by atoms with Crippen LogP contribution in [0.4, 0.5) is 8.78 Å². The molecule has 0 aliphatic heterocycles. The van der Waals surface area contributed by atoms with E-state index >= 15 is 0 Å². The maximum absolute atomic E-state index is 13.1. The minimum atomic E-state index is -0.745. The van der Waals surface area contributed by atoms with E-state index in [1.807, 2.05) is 0 Å². The topological polar surface area (TPSA) is 70.0 Å². The van der Waals surface area contributed by atoms with Gasteiger partial charge >= 0.3 is 6.01 Å². The molecule has 8 heteroatoms. The highest BCUT2D eigenvalue weighted by atomic mass is 19.1. The van der Waals surface area contributed by atoms with Crippen LogP contribution in [0.5, 0.6) is 17.6 Å². The van der Waals surface area contributed by atoms with E-state index < -0.39 is 11.6 Å². The Hall–Kier alpha value is -3.16. The second-order valence-corrected chi connectivity index (χ2v) is 4.42. The van der Waals surface area contributed by atoms with Crippen molar-refractivity contribution in [3.05, 3.63) is 54.4 Å². The molecular weight excluding hydrogens is 306 g/mol. The lowest BCUT2D eigenvalue weighted by Gasteiger charge is -2.05. The Balaban J connectivity index is 1.78. The molecule has 0 atom stereocenters. The predicted molar refractivity (Wildman–Crippen MR) is 76.0 cm³/mol. The lowest BCUT2D eigenvalue weighted by atomic mass is 10.2. The summed E-state index contributed by atoms with van der Waals surface area (Å²) in [5.41, 5.74) is 1.16. The first kappa shape index (κ1) is 14.8. The zero-order valence-corrected chi connectivity index (χ0v) is 11.9. The monoisotopic (exact) mass is 316 g/mol. The smallest absolute Gasteiger partial charge is 0.321 e. The lowest BCUT2D eigenvalue weighted by molar-refractivity contribution is 0.392. The minimum Gasteiger partial charge on any atom is -0.480 e. The van der Waals surface area contributed by atoms with Crippen LogP contribution in [-0.2, 0) is 0 Å². The first-order valence-electron chi connectivity index (χ1n) is 6.48. The second kappa shape index (κ2) is 6.30. The summed E-state index contributed by atoms with van der Waals surface area (Å²) in [6, 6.07) is 6.14. The maximum Gasteiger partial charge on any atom is 0.321 e. The molecular formula is C15H10F2N4O2. The first-order chi connectivity index (χ1) is 11.1. The second-order valence-electron chi connectivity index (χ2n) is 4.42. The van der Waals surface area contributed by atoms with Gasteiger partial charge in [0.25, 0.3) is 0 Å². The molecule has 3 aromatic rings. The Bertz CT molecular complexity index is 790. The van der Waals surface area contributed by atoms with Crippen molar-refractivity contribution in [3.8, 4) is 28.9 Å². The summed E-state index contributed by atoms with van der Waals surface area (Å²) in [6.45, 7) is 0. The SMILES string of the molecule is COc1ccc(-c2cnc(Oc3cc(F)cc(F)c3)nc2)nn1. The largest absolute Gasteiger partial charge is 0.480 e. The summed E-state index contributed by atoms with van der Waals surface area (Å²) in [5, 5.41) is 7.80. The Morgan fingerprint density at radius 2 is 1.61 bits per heavy atom. The van der Waals surface area contributed by atoms with Crippen LogP contribution in [0.2, 0.25) is 0 Å². The van der Waals surface area contributed by atoms with Crippen LogP contribution in [0.25, 0.3) is 11.3 Å². The van der Waals surface area contributed by atoms with Crippen molar-refractivity contribution in [2.75, 3.05) is 7.11 Å². The molecule has 23 heavy (non-hydrogen) atoms. The normalized spacial score (nSPS) is 10.4. The molecule has 0 unspecified atom stereocenters. The number of rotatable bonds is 4. The van der Waals surface area contributed by atoms with E-state index in [0.717, 1.165) is 18.2 Å². The van der Waals surface area contributed by atoms with Gasteiger partial charge < -0.3 is 9.47 Å². The number of methoxy groups -OCH3 is 1. The van der Waals surface area contributed by atoms with Crippen molar-refractivity contribution in [1.29, 1.82) is 0 Å². The van der Waals surface area contributed by atoms with Gasteiger partial charge in [-0.25, -0.2) is 18.7 Å². The van der Waals surface area contributed by atoms with Gasteiger partial charge in [-0.3, -0.25) is 0 Å². The molecule has 116 valence electrons. The highest BCUT2D eigenvalue weighted by molar-refractivity contribution is 5.56. The molecule has 0 N–H and O–H groups in total. The van der Waals surface area contributed by atoms with Crippen LogP contribution >= 0.6 is 0 Å². The molecule has 0 bridgehead atoms. The number of hydrogen-bond acceptors (Lipinski definition) is 6. The number of halogens is 2. The molecule has 0 amide bonds. The van der Waals surface area contributed by atoms with Crippen LogP contribution in [-0.4, -0.2) is 27.3 Å². The molecule has 3 rings (SSSR count). The first-order valence-corrected chi connectivity index (χ1v) is 6.48. The standard InChI is InChI=1S/C15H10F2N4O2/c1-22-14-3-2-13(20-21-14)9-7-18-15(19-8-9)23-12-5-10(16)4-11(17)6-12/h2-8H,1H3. The summed E-state index contributed by atoms with van der Waals surface area (Å²) in [5.74, 6) is -1.13. The van der Waals surface area contributed by atoms with Crippen LogP contribution in [0.1, 0.15) is 0 Å². The average molecular weight is 316 g/mol. The summed E-state index contributed by atoms with van der Waals surface area (Å²) >= 11 is 0. The molecule has 0 aliphatic carbocycles. The van der Waals surface area contributed by atoms with Crippen molar-refractivity contribution in [2.45, 2.75) is 0 Å². The van der Waals surface area contributed by atoms with Gasteiger partial charge in [0, 0.05) is 42.2 Å². The molecule has 6 nitrogen and oxygen atoms in total. The maximum atomic E-state index is 13.1. The third-order valence-electron chi connectivity index (χ3n) is 2.82. The molecule has 0 saturated carbocycles. The molecule has 0 saturated heterocycles. The highest BCUT2D eigenvalue weighted by Gasteiger charge is 2.07. The van der Waals surface area contributed by atoms with Crippen LogP contribution in [0.3, 0.4) is 0 Å². The average Bonchev–Trinajstić information content (AvgIpc) is 2.55. The van der Waals surface area contributed by atoms with Gasteiger partial charge in [0.2, 0.25) is 5.88 Å². The van der Waals surface area contributed by atoms with Crippen LogP contribution in [0.15, 0.2) is 42.7 Å². The summed E-state index contributed by atoms with van der Waals surface area (Å²) in [6.07, 6.45) is 2.93. The van der Waals surface area contributed by atoms with Gasteiger partial charge in [0.15, 0.2) is 0 Å². The quantitative estimate of drug-likeness (QED) is 0.737. The fourth-order valence-electron chi connectivity index (χ4n) is 1.78. The predicted octanol–water partition coefficient (Wildman–Crippen LogP) is 3.01. The van der Waals surface area contributed by atoms with Gasteiger partial charge in [0.1, 0.15) is 17.4 Å². The van der Waals surface area contributed by atoms with E-state index in [9.17, 15) is 8.78 Å². The third kappa shape index (κ3) is 3.54. The highest BCUT2D eigenvalue weighted by Crippen LogP contribution is 2.22. The Labute approximate surface area is 129 Å². The number of aromatic nitrogens is 4. The molecule has 0 radical (unpaired) electrons. The van der Waals surface area contributed by atoms with E-state index in [2.05, 4.69) is 20.2 Å². The van der Waals surface area contributed by atoms with Gasteiger partial charge in [-0.2, -0.15) is 0 Å². The van der Waals surface area contributed by atoms with Crippen molar-refractivity contribution >= 4 is 0 Å². The fourth-order valence-corrected chi connectivity index (χ4v) is 1.78. The van der Waals surface area contributed by atoms with Gasteiger partial charge in [-0.15, -0.1) is 10.2 Å². The van der Waals surface area contributed by atoms with E-state index in [0.29, 0.717) is 17.1 Å². The number of ether oxygens (including phenoxy) is 2. The van der Waals surface area contributed by atoms with Gasteiger partial charge in [0.05, 0.1) is 12.8 Å². The van der Waals surface area contributed by atoms with E-state index in [-0.39, 0.29) is 11.8 Å². The van der Waals surface area contributed by atoms with Crippen molar-refractivity contribution in [3.63, 3.8) is 0 Å². The van der Waals surface area contributed by atoms with Crippen LogP contribution < -0.4 is 9.47 Å². The fraction of sp³-hybridized carbons (Fsp3) is 0.0667. The van der Waals surface area contributed by atoms with Crippen LogP contribution in [0, 0.1) is 11.6 Å². The summed E-state index contributed by atoms with van der Waals surface area (Å²) in [7, 11) is 1.49. The Morgan fingerprint density at radius 1 is 0.913 bits per heavy atom.